The van der Waals surface area contributed by atoms with Crippen LogP contribution >= 0.6 is 0 Å². The van der Waals surface area contributed by atoms with Gasteiger partial charge in [-0.25, -0.2) is 4.68 Å². The molecule has 1 atom stereocenters. The maximum Gasteiger partial charge on any atom is 0.306 e. The Morgan fingerprint density at radius 3 is 3.00 bits per heavy atom. The lowest BCUT2D eigenvalue weighted by molar-refractivity contribution is -0.141. The minimum absolute atomic E-state index is 0.423. The predicted octanol–water partition coefficient (Wildman–Crippen LogP) is 1.35. The summed E-state index contributed by atoms with van der Waals surface area (Å²) in [5, 5.41) is 20.2. The van der Waals surface area contributed by atoms with E-state index >= 15 is 0 Å². The Balaban J connectivity index is 2.11. The molecule has 2 rings (SSSR count). The van der Waals surface area contributed by atoms with E-state index in [0.29, 0.717) is 18.8 Å². The zero-order chi connectivity index (χ0) is 13.1. The average Bonchev–Trinajstić information content (AvgIpc) is 2.93. The normalized spacial score (nSPS) is 12.6. The van der Waals surface area contributed by atoms with Gasteiger partial charge in [0.15, 0.2) is 5.82 Å². The van der Waals surface area contributed by atoms with Crippen molar-refractivity contribution >= 4 is 5.97 Å². The van der Waals surface area contributed by atoms with Crippen LogP contribution in [-0.2, 0) is 11.3 Å². The predicted molar refractivity (Wildman–Crippen MR) is 61.7 cm³/mol. The molecule has 0 spiro atoms. The third kappa shape index (κ3) is 2.55. The van der Waals surface area contributed by atoms with Crippen LogP contribution in [-0.4, -0.2) is 31.3 Å². The molecular formula is C11H14N4O3. The Morgan fingerprint density at radius 1 is 1.61 bits per heavy atom. The number of carbonyl (C=O) groups is 1. The van der Waals surface area contributed by atoms with Gasteiger partial charge in [-0.15, -0.1) is 5.10 Å². The van der Waals surface area contributed by atoms with Gasteiger partial charge in [0, 0.05) is 6.54 Å². The van der Waals surface area contributed by atoms with Crippen molar-refractivity contribution in [2.24, 2.45) is 5.92 Å². The average molecular weight is 250 g/mol. The SMILES string of the molecule is Cc1cc(-c2nnnn2CCC(C)C(=O)O)co1. The molecule has 2 aromatic heterocycles. The van der Waals surface area contributed by atoms with Crippen molar-refractivity contribution in [3.63, 3.8) is 0 Å². The van der Waals surface area contributed by atoms with E-state index in [2.05, 4.69) is 15.5 Å². The van der Waals surface area contributed by atoms with E-state index in [0.717, 1.165) is 11.3 Å². The Hall–Kier alpha value is -2.18. The van der Waals surface area contributed by atoms with Gasteiger partial charge in [0.05, 0.1) is 11.5 Å². The van der Waals surface area contributed by atoms with Crippen LogP contribution in [0.4, 0.5) is 0 Å². The fraction of sp³-hybridized carbons (Fsp3) is 0.455. The Morgan fingerprint density at radius 2 is 2.39 bits per heavy atom. The van der Waals surface area contributed by atoms with Crippen molar-refractivity contribution < 1.29 is 14.3 Å². The van der Waals surface area contributed by atoms with E-state index in [1.807, 2.05) is 13.0 Å². The maximum atomic E-state index is 10.7. The number of aromatic nitrogens is 4. The van der Waals surface area contributed by atoms with Gasteiger partial charge in [-0.05, 0) is 29.8 Å². The van der Waals surface area contributed by atoms with Crippen LogP contribution in [0.1, 0.15) is 19.1 Å². The zero-order valence-corrected chi connectivity index (χ0v) is 10.2. The number of rotatable bonds is 5. The summed E-state index contributed by atoms with van der Waals surface area (Å²) in [6, 6.07) is 1.84. The molecule has 7 heteroatoms. The van der Waals surface area contributed by atoms with Gasteiger partial charge in [0.1, 0.15) is 12.0 Å². The number of hydrogen-bond donors (Lipinski definition) is 1. The van der Waals surface area contributed by atoms with Gasteiger partial charge in [0.2, 0.25) is 0 Å². The highest BCUT2D eigenvalue weighted by molar-refractivity contribution is 5.69. The van der Waals surface area contributed by atoms with Gasteiger partial charge in [0.25, 0.3) is 0 Å². The van der Waals surface area contributed by atoms with Crippen LogP contribution in [0, 0.1) is 12.8 Å². The minimum Gasteiger partial charge on any atom is -0.481 e. The first kappa shape index (κ1) is 12.3. The van der Waals surface area contributed by atoms with E-state index in [1.165, 1.54) is 0 Å². The van der Waals surface area contributed by atoms with E-state index < -0.39 is 11.9 Å². The summed E-state index contributed by atoms with van der Waals surface area (Å²) in [6.45, 7) is 3.96. The van der Waals surface area contributed by atoms with Gasteiger partial charge in [-0.2, -0.15) is 0 Å². The van der Waals surface area contributed by atoms with Crippen LogP contribution in [0.5, 0.6) is 0 Å². The lowest BCUT2D eigenvalue weighted by atomic mass is 10.1. The molecule has 0 aromatic carbocycles. The first-order valence-electron chi connectivity index (χ1n) is 5.62. The standard InChI is InChI=1S/C11H14N4O3/c1-7(11(16)17)3-4-15-10(12-13-14-15)9-5-8(2)18-6-9/h5-7H,3-4H2,1-2H3,(H,16,17). The molecule has 0 saturated heterocycles. The highest BCUT2D eigenvalue weighted by atomic mass is 16.4. The van der Waals surface area contributed by atoms with E-state index in [4.69, 9.17) is 9.52 Å². The zero-order valence-electron chi connectivity index (χ0n) is 10.2. The van der Waals surface area contributed by atoms with Crippen LogP contribution < -0.4 is 0 Å². The van der Waals surface area contributed by atoms with Crippen LogP contribution in [0.25, 0.3) is 11.4 Å². The Labute approximate surface area is 103 Å². The maximum absolute atomic E-state index is 10.7. The smallest absolute Gasteiger partial charge is 0.306 e. The van der Waals surface area contributed by atoms with Crippen molar-refractivity contribution in [2.45, 2.75) is 26.8 Å². The van der Waals surface area contributed by atoms with Gasteiger partial charge in [-0.3, -0.25) is 4.79 Å². The fourth-order valence-corrected chi connectivity index (χ4v) is 1.56. The van der Waals surface area contributed by atoms with E-state index in [9.17, 15) is 4.79 Å². The molecule has 0 radical (unpaired) electrons. The van der Waals surface area contributed by atoms with Crippen LogP contribution in [0.3, 0.4) is 0 Å². The number of furan rings is 1. The second-order valence-electron chi connectivity index (χ2n) is 4.20. The first-order chi connectivity index (χ1) is 8.58. The van der Waals surface area contributed by atoms with Crippen molar-refractivity contribution in [3.8, 4) is 11.4 Å². The van der Waals surface area contributed by atoms with Crippen molar-refractivity contribution in [3.05, 3.63) is 18.1 Å². The summed E-state index contributed by atoms with van der Waals surface area (Å²) >= 11 is 0. The largest absolute Gasteiger partial charge is 0.481 e. The number of carboxylic acid groups (broad SMARTS) is 1. The highest BCUT2D eigenvalue weighted by Crippen LogP contribution is 2.19. The lowest BCUT2D eigenvalue weighted by Gasteiger charge is -2.06. The molecule has 0 aliphatic heterocycles. The quantitative estimate of drug-likeness (QED) is 0.860. The van der Waals surface area contributed by atoms with Gasteiger partial charge >= 0.3 is 5.97 Å². The third-order valence-corrected chi connectivity index (χ3v) is 2.72. The van der Waals surface area contributed by atoms with Crippen molar-refractivity contribution in [2.75, 3.05) is 0 Å². The number of nitrogens with zero attached hydrogens (tertiary/aromatic N) is 4. The van der Waals surface area contributed by atoms with Crippen LogP contribution in [0.2, 0.25) is 0 Å². The number of tetrazole rings is 1. The molecule has 0 saturated carbocycles. The van der Waals surface area contributed by atoms with Gasteiger partial charge < -0.3 is 9.52 Å². The second kappa shape index (κ2) is 4.99. The number of carboxylic acids is 1. The molecule has 1 unspecified atom stereocenters. The summed E-state index contributed by atoms with van der Waals surface area (Å²) in [5.74, 6) is 0.125. The number of aryl methyl sites for hydroxylation is 2. The van der Waals surface area contributed by atoms with Gasteiger partial charge in [-0.1, -0.05) is 6.92 Å². The van der Waals surface area contributed by atoms with E-state index in [-0.39, 0.29) is 0 Å². The molecule has 0 aliphatic rings. The monoisotopic (exact) mass is 250 g/mol. The Bertz CT molecular complexity index is 546. The summed E-state index contributed by atoms with van der Waals surface area (Å²) in [5.41, 5.74) is 0.792. The summed E-state index contributed by atoms with van der Waals surface area (Å²) in [6.07, 6.45) is 2.06. The van der Waals surface area contributed by atoms with E-state index in [1.54, 1.807) is 17.9 Å². The summed E-state index contributed by atoms with van der Waals surface area (Å²) in [7, 11) is 0. The number of aliphatic carboxylic acids is 1. The second-order valence-corrected chi connectivity index (χ2v) is 4.20. The minimum atomic E-state index is -0.816. The Kier molecular flexibility index (Phi) is 3.40. The van der Waals surface area contributed by atoms with Crippen molar-refractivity contribution in [1.82, 2.24) is 20.2 Å². The molecule has 0 fully saturated rings. The van der Waals surface area contributed by atoms with Crippen LogP contribution in [0.15, 0.2) is 16.7 Å². The summed E-state index contributed by atoms with van der Waals surface area (Å²) < 4.78 is 6.79. The highest BCUT2D eigenvalue weighted by Gasteiger charge is 2.15. The molecule has 1 N–H and O–H groups in total. The lowest BCUT2D eigenvalue weighted by Crippen LogP contribution is -2.13. The molecule has 0 aliphatic carbocycles. The topological polar surface area (TPSA) is 94.0 Å². The van der Waals surface area contributed by atoms with Crippen molar-refractivity contribution in [1.29, 1.82) is 0 Å². The fourth-order valence-electron chi connectivity index (χ4n) is 1.56. The molecule has 0 bridgehead atoms. The molecule has 2 aromatic rings. The first-order valence-corrected chi connectivity index (χ1v) is 5.62. The summed E-state index contributed by atoms with van der Waals surface area (Å²) in [4.78, 5) is 10.7. The molecule has 2 heterocycles. The molecular weight excluding hydrogens is 236 g/mol. The molecule has 18 heavy (non-hydrogen) atoms. The third-order valence-electron chi connectivity index (χ3n) is 2.72. The molecule has 0 amide bonds. The molecule has 7 nitrogen and oxygen atoms in total. The number of hydrogen-bond acceptors (Lipinski definition) is 5. The molecule has 96 valence electrons.